The van der Waals surface area contributed by atoms with Crippen molar-refractivity contribution in [2.45, 2.75) is 13.8 Å². The van der Waals surface area contributed by atoms with E-state index in [2.05, 4.69) is 4.99 Å². The van der Waals surface area contributed by atoms with Crippen LogP contribution in [0.2, 0.25) is 0 Å². The Morgan fingerprint density at radius 1 is 1.29 bits per heavy atom. The normalized spacial score (nSPS) is 13.4. The van der Waals surface area contributed by atoms with Crippen molar-refractivity contribution < 1.29 is 9.90 Å². The third-order valence-electron chi connectivity index (χ3n) is 1.32. The van der Waals surface area contributed by atoms with Gasteiger partial charge in [-0.1, -0.05) is 6.08 Å². The Kier molecular flexibility index (Phi) is 5.29. The van der Waals surface area contributed by atoms with E-state index in [1.54, 1.807) is 25.9 Å². The first-order chi connectivity index (χ1) is 6.43. The highest BCUT2D eigenvalue weighted by Gasteiger charge is 1.99. The highest BCUT2D eigenvalue weighted by molar-refractivity contribution is 5.97. The largest absolute Gasteiger partial charge is 0.513 e. The van der Waals surface area contributed by atoms with Gasteiger partial charge in [0.25, 0.3) is 5.91 Å². The molecule has 14 heavy (non-hydrogen) atoms. The molecule has 0 aromatic carbocycles. The van der Waals surface area contributed by atoms with Gasteiger partial charge in [0.1, 0.15) is 0 Å². The minimum absolute atomic E-state index is 0.161. The number of nitrogens with zero attached hydrogens (tertiary/aromatic N) is 2. The molecule has 0 aliphatic rings. The zero-order valence-electron chi connectivity index (χ0n) is 8.98. The Balaban J connectivity index is 4.40. The van der Waals surface area contributed by atoms with Crippen LogP contribution in [0.5, 0.6) is 0 Å². The van der Waals surface area contributed by atoms with Gasteiger partial charge in [-0.3, -0.25) is 4.79 Å². The average Bonchev–Trinajstić information content (AvgIpc) is 2.09. The molecule has 1 N–H and O–H groups in total. The molecule has 0 radical (unpaired) electrons. The van der Waals surface area contributed by atoms with Crippen LogP contribution in [0.3, 0.4) is 0 Å². The van der Waals surface area contributed by atoms with Crippen molar-refractivity contribution in [3.8, 4) is 0 Å². The van der Waals surface area contributed by atoms with Gasteiger partial charge in [-0.05, 0) is 19.9 Å². The molecular weight excluding hydrogens is 180 g/mol. The van der Waals surface area contributed by atoms with E-state index >= 15 is 0 Å². The summed E-state index contributed by atoms with van der Waals surface area (Å²) in [6.45, 7) is 3.19. The van der Waals surface area contributed by atoms with Gasteiger partial charge in [0.15, 0.2) is 0 Å². The second-order valence-electron chi connectivity index (χ2n) is 3.17. The molecule has 0 aliphatic carbocycles. The van der Waals surface area contributed by atoms with Crippen molar-refractivity contribution in [1.29, 1.82) is 0 Å². The molecule has 0 saturated carbocycles. The second kappa shape index (κ2) is 5.96. The third-order valence-corrected chi connectivity index (χ3v) is 1.32. The Bertz CT molecular complexity index is 284. The highest BCUT2D eigenvalue weighted by Crippen LogP contribution is 1.98. The van der Waals surface area contributed by atoms with Crippen LogP contribution in [0.15, 0.2) is 28.5 Å². The summed E-state index contributed by atoms with van der Waals surface area (Å²) < 4.78 is 0. The van der Waals surface area contributed by atoms with Gasteiger partial charge in [0.2, 0.25) is 0 Å². The molecule has 0 aromatic rings. The first-order valence-corrected chi connectivity index (χ1v) is 4.22. The molecule has 1 amide bonds. The van der Waals surface area contributed by atoms with Crippen LogP contribution >= 0.6 is 0 Å². The lowest BCUT2D eigenvalue weighted by atomic mass is 10.2. The fraction of sp³-hybridized carbons (Fsp3) is 0.400. The Morgan fingerprint density at radius 3 is 2.29 bits per heavy atom. The van der Waals surface area contributed by atoms with Crippen LogP contribution in [-0.4, -0.2) is 36.3 Å². The number of hydrogen-bond donors (Lipinski definition) is 1. The number of amides is 1. The van der Waals surface area contributed by atoms with Crippen molar-refractivity contribution in [1.82, 2.24) is 4.90 Å². The van der Waals surface area contributed by atoms with Gasteiger partial charge in [0.05, 0.1) is 12.1 Å². The van der Waals surface area contributed by atoms with Gasteiger partial charge < -0.3 is 10.0 Å². The van der Waals surface area contributed by atoms with Crippen molar-refractivity contribution in [3.63, 3.8) is 0 Å². The summed E-state index contributed by atoms with van der Waals surface area (Å²) in [5.41, 5.74) is 0.483. The monoisotopic (exact) mass is 196 g/mol. The van der Waals surface area contributed by atoms with E-state index in [4.69, 9.17) is 5.11 Å². The van der Waals surface area contributed by atoms with Gasteiger partial charge in [-0.15, -0.1) is 0 Å². The molecule has 0 rings (SSSR count). The molecule has 0 heterocycles. The minimum atomic E-state index is -0.309. The number of allylic oxidation sites excluding steroid dienone is 3. The zero-order chi connectivity index (χ0) is 11.1. The molecule has 0 atom stereocenters. The van der Waals surface area contributed by atoms with Crippen molar-refractivity contribution in [3.05, 3.63) is 23.5 Å². The van der Waals surface area contributed by atoms with E-state index in [1.807, 2.05) is 0 Å². The summed E-state index contributed by atoms with van der Waals surface area (Å²) in [5, 5.41) is 8.86. The Morgan fingerprint density at radius 2 is 1.86 bits per heavy atom. The second-order valence-corrected chi connectivity index (χ2v) is 3.17. The number of hydrogen-bond acceptors (Lipinski definition) is 2. The number of aliphatic hydroxyl groups excluding tert-OH is 1. The predicted molar refractivity (Wildman–Crippen MR) is 57.3 cm³/mol. The molecule has 4 nitrogen and oxygen atoms in total. The van der Waals surface area contributed by atoms with E-state index in [1.165, 1.54) is 25.4 Å². The van der Waals surface area contributed by atoms with Crippen molar-refractivity contribution >= 4 is 12.2 Å². The van der Waals surface area contributed by atoms with Gasteiger partial charge in [0, 0.05) is 19.7 Å². The average molecular weight is 196 g/mol. The van der Waals surface area contributed by atoms with E-state index in [0.717, 1.165) is 0 Å². The zero-order valence-corrected chi connectivity index (χ0v) is 8.98. The summed E-state index contributed by atoms with van der Waals surface area (Å²) in [5.74, 6) is -0.148. The number of rotatable bonds is 3. The lowest BCUT2D eigenvalue weighted by molar-refractivity contribution is -0.114. The topological polar surface area (TPSA) is 52.9 Å². The summed E-state index contributed by atoms with van der Waals surface area (Å²) in [4.78, 5) is 16.6. The van der Waals surface area contributed by atoms with Crippen molar-refractivity contribution in [2.75, 3.05) is 14.1 Å². The number of aliphatic imine (C=N–C) groups is 1. The quantitative estimate of drug-likeness (QED) is 0.245. The SMILES string of the molecule is C/C(O)=C\C=C(/C)C(=O)N=CN(C)C. The molecule has 0 saturated heterocycles. The Hall–Kier alpha value is -1.58. The molecule has 0 unspecified atom stereocenters. The van der Waals surface area contributed by atoms with Gasteiger partial charge >= 0.3 is 0 Å². The van der Waals surface area contributed by atoms with Gasteiger partial charge in [-0.2, -0.15) is 4.99 Å². The smallest absolute Gasteiger partial charge is 0.274 e. The van der Waals surface area contributed by atoms with Gasteiger partial charge in [-0.25, -0.2) is 0 Å². The van der Waals surface area contributed by atoms with Crippen LogP contribution in [0.25, 0.3) is 0 Å². The predicted octanol–water partition coefficient (Wildman–Crippen LogP) is 1.51. The Labute approximate surface area is 84.3 Å². The highest BCUT2D eigenvalue weighted by atomic mass is 16.3. The molecule has 0 bridgehead atoms. The lowest BCUT2D eigenvalue weighted by Crippen LogP contribution is -2.09. The summed E-state index contributed by atoms with van der Waals surface area (Å²) in [6.07, 6.45) is 4.43. The lowest BCUT2D eigenvalue weighted by Gasteiger charge is -2.01. The summed E-state index contributed by atoms with van der Waals surface area (Å²) >= 11 is 0. The number of carbonyl (C=O) groups is 1. The first kappa shape index (κ1) is 12.4. The number of carbonyl (C=O) groups excluding carboxylic acids is 1. The summed E-state index contributed by atoms with van der Waals surface area (Å²) in [6, 6.07) is 0. The van der Waals surface area contributed by atoms with E-state index in [0.29, 0.717) is 5.57 Å². The molecule has 78 valence electrons. The number of aliphatic hydroxyl groups is 1. The maximum atomic E-state index is 11.3. The molecule has 0 fully saturated rings. The third kappa shape index (κ3) is 5.99. The molecule has 0 aromatic heterocycles. The fourth-order valence-electron chi connectivity index (χ4n) is 0.587. The molecule has 4 heteroatoms. The first-order valence-electron chi connectivity index (χ1n) is 4.22. The molecular formula is C10H16N2O2. The standard InChI is InChI=1S/C10H16N2O2/c1-8(5-6-9(2)13)10(14)11-7-12(3)4/h5-7,13H,1-4H3/b8-5+,9-6+,11-7?. The van der Waals surface area contributed by atoms with E-state index in [9.17, 15) is 4.79 Å². The maximum Gasteiger partial charge on any atom is 0.274 e. The van der Waals surface area contributed by atoms with Crippen LogP contribution < -0.4 is 0 Å². The summed E-state index contributed by atoms with van der Waals surface area (Å²) in [7, 11) is 3.57. The van der Waals surface area contributed by atoms with E-state index in [-0.39, 0.29) is 11.7 Å². The fourth-order valence-corrected chi connectivity index (χ4v) is 0.587. The molecule has 0 aliphatic heterocycles. The maximum absolute atomic E-state index is 11.3. The van der Waals surface area contributed by atoms with Crippen LogP contribution in [-0.2, 0) is 4.79 Å². The van der Waals surface area contributed by atoms with E-state index < -0.39 is 0 Å². The molecule has 0 spiro atoms. The van der Waals surface area contributed by atoms with Crippen LogP contribution in [0.4, 0.5) is 0 Å². The van der Waals surface area contributed by atoms with Crippen molar-refractivity contribution in [2.24, 2.45) is 4.99 Å². The minimum Gasteiger partial charge on any atom is -0.513 e. The van der Waals surface area contributed by atoms with Crippen LogP contribution in [0, 0.1) is 0 Å². The van der Waals surface area contributed by atoms with Crippen LogP contribution in [0.1, 0.15) is 13.8 Å².